The van der Waals surface area contributed by atoms with Gasteiger partial charge in [0.25, 0.3) is 0 Å². The van der Waals surface area contributed by atoms with Crippen LogP contribution in [0.5, 0.6) is 0 Å². The summed E-state index contributed by atoms with van der Waals surface area (Å²) in [5.41, 5.74) is -0.934. The quantitative estimate of drug-likeness (QED) is 0.454. The molecule has 19 heavy (non-hydrogen) atoms. The Bertz CT molecular complexity index is 514. The molecule has 2 rings (SSSR count). The average Bonchev–Trinajstić information content (AvgIpc) is 2.40. The van der Waals surface area contributed by atoms with Gasteiger partial charge >= 0.3 is 0 Å². The Morgan fingerprint density at radius 2 is 1.74 bits per heavy atom. The van der Waals surface area contributed by atoms with Crippen LogP contribution in [0.3, 0.4) is 0 Å². The second-order valence-electron chi connectivity index (χ2n) is 4.61. The van der Waals surface area contributed by atoms with E-state index in [1.807, 2.05) is 0 Å². The van der Waals surface area contributed by atoms with Gasteiger partial charge in [-0.15, -0.1) is 0 Å². The maximum Gasteiger partial charge on any atom is 0.197 e. The van der Waals surface area contributed by atoms with Crippen LogP contribution in [-0.2, 0) is 4.79 Å². The highest BCUT2D eigenvalue weighted by Gasteiger charge is 2.35. The van der Waals surface area contributed by atoms with E-state index in [2.05, 4.69) is 0 Å². The molecule has 0 aliphatic heterocycles. The number of alkyl halides is 1. The zero-order valence-corrected chi connectivity index (χ0v) is 9.86. The fourth-order valence-corrected chi connectivity index (χ4v) is 2.33. The fourth-order valence-electron chi connectivity index (χ4n) is 2.33. The van der Waals surface area contributed by atoms with Gasteiger partial charge in [-0.25, -0.2) is 22.0 Å². The lowest BCUT2D eigenvalue weighted by atomic mass is 9.82. The van der Waals surface area contributed by atoms with Crippen molar-refractivity contribution in [1.82, 2.24) is 0 Å². The lowest BCUT2D eigenvalue weighted by Crippen LogP contribution is -2.24. The summed E-state index contributed by atoms with van der Waals surface area (Å²) in [6.07, 6.45) is -0.586. The molecular weight excluding hydrogens is 267 g/mol. The van der Waals surface area contributed by atoms with E-state index in [9.17, 15) is 26.7 Å². The van der Waals surface area contributed by atoms with Crippen molar-refractivity contribution in [2.24, 2.45) is 5.92 Å². The Morgan fingerprint density at radius 3 is 2.37 bits per heavy atom. The maximum absolute atomic E-state index is 14.1. The van der Waals surface area contributed by atoms with Crippen molar-refractivity contribution in [1.29, 1.82) is 0 Å². The van der Waals surface area contributed by atoms with E-state index in [0.717, 1.165) is 0 Å². The third-order valence-corrected chi connectivity index (χ3v) is 3.38. The van der Waals surface area contributed by atoms with Gasteiger partial charge in [-0.3, -0.25) is 4.79 Å². The van der Waals surface area contributed by atoms with E-state index in [4.69, 9.17) is 0 Å². The van der Waals surface area contributed by atoms with Crippen molar-refractivity contribution < 1.29 is 26.7 Å². The van der Waals surface area contributed by atoms with Crippen LogP contribution in [0.2, 0.25) is 0 Å². The smallest absolute Gasteiger partial charge is 0.197 e. The minimum atomic E-state index is -2.16. The van der Waals surface area contributed by atoms with Crippen molar-refractivity contribution in [2.45, 2.75) is 31.9 Å². The molecule has 0 saturated heterocycles. The molecule has 0 N–H and O–H groups in total. The van der Waals surface area contributed by atoms with Gasteiger partial charge < -0.3 is 0 Å². The number of rotatable bonds is 2. The Morgan fingerprint density at radius 1 is 1.05 bits per heavy atom. The first-order valence-electron chi connectivity index (χ1n) is 5.93. The van der Waals surface area contributed by atoms with E-state index in [1.165, 1.54) is 0 Å². The molecule has 0 radical (unpaired) electrons. The highest BCUT2D eigenvalue weighted by Crippen LogP contribution is 2.37. The first-order valence-corrected chi connectivity index (χ1v) is 5.93. The minimum Gasteiger partial charge on any atom is -0.299 e. The molecule has 1 aliphatic rings. The second kappa shape index (κ2) is 5.27. The number of halogens is 5. The number of Topliss-reactive ketones (excluding diaryl/α,β-unsaturated/α-hetero) is 1. The molecule has 0 heterocycles. The Balaban J connectivity index is 2.38. The molecule has 1 aromatic rings. The Hall–Kier alpha value is -1.46. The average molecular weight is 278 g/mol. The van der Waals surface area contributed by atoms with Crippen LogP contribution in [-0.4, -0.2) is 5.78 Å². The molecular formula is C13H11F5O. The van der Waals surface area contributed by atoms with Gasteiger partial charge in [0.2, 0.25) is 0 Å². The van der Waals surface area contributed by atoms with E-state index < -0.39 is 46.7 Å². The molecule has 1 nitrogen and oxygen atoms in total. The fraction of sp³-hybridized carbons (Fsp3) is 0.462. The van der Waals surface area contributed by atoms with Crippen molar-refractivity contribution in [3.05, 3.63) is 34.9 Å². The summed E-state index contributed by atoms with van der Waals surface area (Å²) in [5, 5.41) is 0. The molecule has 2 unspecified atom stereocenters. The minimum absolute atomic E-state index is 0.166. The largest absolute Gasteiger partial charge is 0.299 e. The molecule has 1 fully saturated rings. The van der Waals surface area contributed by atoms with Gasteiger partial charge in [-0.2, -0.15) is 0 Å². The molecule has 1 aromatic carbocycles. The highest BCUT2D eigenvalue weighted by atomic mass is 19.2. The summed E-state index contributed by atoms with van der Waals surface area (Å²) in [5.74, 6) is -9.00. The molecule has 1 aliphatic carbocycles. The monoisotopic (exact) mass is 278 g/mol. The Labute approximate surface area is 106 Å². The van der Waals surface area contributed by atoms with Crippen molar-refractivity contribution in [2.75, 3.05) is 0 Å². The number of carbonyl (C=O) groups excluding carboxylic acids is 1. The van der Waals surface area contributed by atoms with Gasteiger partial charge in [0.15, 0.2) is 23.3 Å². The summed E-state index contributed by atoms with van der Waals surface area (Å²) >= 11 is 0. The molecule has 6 heteroatoms. The number of ketones is 1. The van der Waals surface area contributed by atoms with E-state index in [1.54, 1.807) is 0 Å². The zero-order valence-electron chi connectivity index (χ0n) is 9.86. The second-order valence-corrected chi connectivity index (χ2v) is 4.61. The summed E-state index contributed by atoms with van der Waals surface area (Å²) < 4.78 is 66.4. The SMILES string of the molecule is O=C1CCCCC1C(F)c1cc(F)c(F)c(F)c1F. The molecule has 0 bridgehead atoms. The zero-order chi connectivity index (χ0) is 14.2. The van der Waals surface area contributed by atoms with Crippen LogP contribution in [0.4, 0.5) is 22.0 Å². The first kappa shape index (κ1) is 14.0. The van der Waals surface area contributed by atoms with Crippen LogP contribution >= 0.6 is 0 Å². The van der Waals surface area contributed by atoms with Crippen molar-refractivity contribution in [3.8, 4) is 0 Å². The third kappa shape index (κ3) is 2.48. The van der Waals surface area contributed by atoms with Crippen LogP contribution in [0.15, 0.2) is 6.07 Å². The normalized spacial score (nSPS) is 21.5. The van der Waals surface area contributed by atoms with Gasteiger partial charge in [0.05, 0.1) is 5.92 Å². The predicted molar refractivity (Wildman–Crippen MR) is 57.1 cm³/mol. The molecule has 2 atom stereocenters. The predicted octanol–water partition coefficient (Wildman–Crippen LogP) is 4.01. The molecule has 1 saturated carbocycles. The van der Waals surface area contributed by atoms with Crippen LogP contribution in [0.25, 0.3) is 0 Å². The molecule has 0 aromatic heterocycles. The van der Waals surface area contributed by atoms with Crippen LogP contribution < -0.4 is 0 Å². The van der Waals surface area contributed by atoms with Gasteiger partial charge in [0, 0.05) is 12.0 Å². The lowest BCUT2D eigenvalue weighted by molar-refractivity contribution is -0.127. The maximum atomic E-state index is 14.1. The molecule has 0 spiro atoms. The summed E-state index contributed by atoms with van der Waals surface area (Å²) in [6, 6.07) is 0.278. The highest BCUT2D eigenvalue weighted by molar-refractivity contribution is 5.82. The van der Waals surface area contributed by atoms with Crippen molar-refractivity contribution >= 4 is 5.78 Å². The standard InChI is InChI=1S/C13H11F5O/c14-8-5-7(11(16)13(18)12(8)17)10(15)6-3-1-2-4-9(6)19/h5-6,10H,1-4H2. The number of hydrogen-bond donors (Lipinski definition) is 0. The number of carbonyl (C=O) groups is 1. The van der Waals surface area contributed by atoms with Gasteiger partial charge in [0.1, 0.15) is 12.0 Å². The number of hydrogen-bond acceptors (Lipinski definition) is 1. The van der Waals surface area contributed by atoms with Crippen molar-refractivity contribution in [3.63, 3.8) is 0 Å². The lowest BCUT2D eigenvalue weighted by Gasteiger charge is -2.24. The summed E-state index contributed by atoms with van der Waals surface area (Å²) in [7, 11) is 0. The van der Waals surface area contributed by atoms with E-state index >= 15 is 0 Å². The van der Waals surface area contributed by atoms with E-state index in [0.29, 0.717) is 12.8 Å². The topological polar surface area (TPSA) is 17.1 Å². The molecule has 104 valence electrons. The van der Waals surface area contributed by atoms with Crippen LogP contribution in [0.1, 0.15) is 37.4 Å². The molecule has 0 amide bonds. The number of benzene rings is 1. The Kier molecular flexibility index (Phi) is 3.87. The van der Waals surface area contributed by atoms with Gasteiger partial charge in [-0.05, 0) is 18.9 Å². The van der Waals surface area contributed by atoms with Crippen LogP contribution in [0, 0.1) is 29.2 Å². The summed E-state index contributed by atoms with van der Waals surface area (Å²) in [4.78, 5) is 11.5. The van der Waals surface area contributed by atoms with Gasteiger partial charge in [-0.1, -0.05) is 6.42 Å². The van der Waals surface area contributed by atoms with E-state index in [-0.39, 0.29) is 18.9 Å². The third-order valence-electron chi connectivity index (χ3n) is 3.38. The first-order chi connectivity index (χ1) is 8.93. The summed E-state index contributed by atoms with van der Waals surface area (Å²) in [6.45, 7) is 0.